The van der Waals surface area contributed by atoms with Crippen LogP contribution in [-0.2, 0) is 6.54 Å². The van der Waals surface area contributed by atoms with Gasteiger partial charge in [-0.15, -0.1) is 0 Å². The zero-order valence-electron chi connectivity index (χ0n) is 11.7. The molecule has 19 heavy (non-hydrogen) atoms. The first kappa shape index (κ1) is 12.6. The Bertz CT molecular complexity index is 505. The fourth-order valence-corrected chi connectivity index (χ4v) is 2.98. The molecule has 2 unspecified atom stereocenters. The van der Waals surface area contributed by atoms with Crippen molar-refractivity contribution in [1.82, 2.24) is 19.8 Å². The largest absolute Gasteiger partial charge is 0.307 e. The Morgan fingerprint density at radius 2 is 2.05 bits per heavy atom. The fourth-order valence-electron chi connectivity index (χ4n) is 2.98. The molecule has 1 aliphatic heterocycles. The molecule has 0 saturated carbocycles. The quantitative estimate of drug-likeness (QED) is 0.918. The van der Waals surface area contributed by atoms with E-state index < -0.39 is 0 Å². The van der Waals surface area contributed by atoms with E-state index >= 15 is 0 Å². The molecule has 0 radical (unpaired) electrons. The maximum atomic E-state index is 4.62. The second-order valence-corrected chi connectivity index (χ2v) is 5.57. The lowest BCUT2D eigenvalue weighted by atomic mass is 10.00. The molecule has 0 aromatic carbocycles. The van der Waals surface area contributed by atoms with Gasteiger partial charge in [-0.3, -0.25) is 0 Å². The molecule has 3 heterocycles. The molecule has 0 aliphatic carbocycles. The summed E-state index contributed by atoms with van der Waals surface area (Å²) in [5.41, 5.74) is 5.66. The van der Waals surface area contributed by atoms with Crippen LogP contribution in [0, 0.1) is 0 Å². The Morgan fingerprint density at radius 3 is 2.79 bits per heavy atom. The number of imidazole rings is 1. The highest BCUT2D eigenvalue weighted by molar-refractivity contribution is 5.39. The number of nitrogens with one attached hydrogen (secondary N) is 1. The average Bonchev–Trinajstić information content (AvgIpc) is 2.81. The lowest BCUT2D eigenvalue weighted by Gasteiger charge is -2.38. The van der Waals surface area contributed by atoms with Crippen molar-refractivity contribution in [3.8, 4) is 0 Å². The topological polar surface area (TPSA) is 32.6 Å². The second-order valence-electron chi connectivity index (χ2n) is 5.57. The van der Waals surface area contributed by atoms with Crippen molar-refractivity contribution in [3.63, 3.8) is 0 Å². The molecule has 3 rings (SSSR count). The van der Waals surface area contributed by atoms with E-state index in [1.807, 2.05) is 24.4 Å². The van der Waals surface area contributed by atoms with Crippen molar-refractivity contribution in [2.45, 2.75) is 51.7 Å². The van der Waals surface area contributed by atoms with Gasteiger partial charge in [0.1, 0.15) is 5.65 Å². The molecule has 2 atom stereocenters. The van der Waals surface area contributed by atoms with Crippen molar-refractivity contribution in [3.05, 3.63) is 36.3 Å². The van der Waals surface area contributed by atoms with Crippen LogP contribution in [0.5, 0.6) is 0 Å². The third-order valence-corrected chi connectivity index (χ3v) is 4.05. The summed E-state index contributed by atoms with van der Waals surface area (Å²) < 4.78 is 2.07. The summed E-state index contributed by atoms with van der Waals surface area (Å²) in [7, 11) is 0. The summed E-state index contributed by atoms with van der Waals surface area (Å²) in [4.78, 5) is 4.62. The van der Waals surface area contributed by atoms with Gasteiger partial charge in [-0.2, -0.15) is 0 Å². The van der Waals surface area contributed by atoms with Crippen LogP contribution in [0.25, 0.3) is 5.65 Å². The fraction of sp³-hybridized carbons (Fsp3) is 0.533. The van der Waals surface area contributed by atoms with Gasteiger partial charge in [0.15, 0.2) is 0 Å². The van der Waals surface area contributed by atoms with Gasteiger partial charge in [0.05, 0.1) is 12.2 Å². The Kier molecular flexibility index (Phi) is 3.53. The highest BCUT2D eigenvalue weighted by atomic mass is 15.5. The van der Waals surface area contributed by atoms with Crippen LogP contribution in [-0.4, -0.2) is 26.5 Å². The highest BCUT2D eigenvalue weighted by Crippen LogP contribution is 2.20. The van der Waals surface area contributed by atoms with Crippen molar-refractivity contribution in [1.29, 1.82) is 0 Å². The predicted octanol–water partition coefficient (Wildman–Crippen LogP) is 2.60. The summed E-state index contributed by atoms with van der Waals surface area (Å²) >= 11 is 0. The van der Waals surface area contributed by atoms with E-state index in [1.54, 1.807) is 0 Å². The number of piperidine rings is 1. The highest BCUT2D eigenvalue weighted by Gasteiger charge is 2.24. The average molecular weight is 258 g/mol. The van der Waals surface area contributed by atoms with Crippen LogP contribution in [0.1, 0.15) is 38.8 Å². The van der Waals surface area contributed by atoms with Crippen LogP contribution in [0.15, 0.2) is 30.6 Å². The van der Waals surface area contributed by atoms with Gasteiger partial charge in [-0.05, 0) is 38.8 Å². The van der Waals surface area contributed by atoms with E-state index in [-0.39, 0.29) is 0 Å². The molecule has 1 N–H and O–H groups in total. The van der Waals surface area contributed by atoms with Crippen LogP contribution >= 0.6 is 0 Å². The molecule has 0 bridgehead atoms. The van der Waals surface area contributed by atoms with Crippen LogP contribution < -0.4 is 5.43 Å². The number of aromatic nitrogens is 2. The summed E-state index contributed by atoms with van der Waals surface area (Å²) in [6.07, 6.45) is 8.04. The Labute approximate surface area is 114 Å². The maximum Gasteiger partial charge on any atom is 0.137 e. The number of fused-ring (bicyclic) bond motifs is 1. The van der Waals surface area contributed by atoms with Gasteiger partial charge in [0.25, 0.3) is 0 Å². The first-order chi connectivity index (χ1) is 9.24. The van der Waals surface area contributed by atoms with E-state index in [0.717, 1.165) is 17.9 Å². The number of hydrogen-bond acceptors (Lipinski definition) is 3. The molecule has 102 valence electrons. The summed E-state index contributed by atoms with van der Waals surface area (Å²) in [5.74, 6) is 0. The van der Waals surface area contributed by atoms with Gasteiger partial charge in [-0.25, -0.2) is 15.4 Å². The molecule has 2 aromatic heterocycles. The predicted molar refractivity (Wildman–Crippen MR) is 76.6 cm³/mol. The Balaban J connectivity index is 1.68. The summed E-state index contributed by atoms with van der Waals surface area (Å²) in [5, 5.41) is 2.40. The van der Waals surface area contributed by atoms with Crippen molar-refractivity contribution in [2.75, 3.05) is 0 Å². The molecule has 1 aliphatic rings. The van der Waals surface area contributed by atoms with Gasteiger partial charge in [-0.1, -0.05) is 12.5 Å². The van der Waals surface area contributed by atoms with Gasteiger partial charge >= 0.3 is 0 Å². The van der Waals surface area contributed by atoms with E-state index in [0.29, 0.717) is 12.1 Å². The monoisotopic (exact) mass is 258 g/mol. The third kappa shape index (κ3) is 2.65. The SMILES string of the molecule is CC1CCCC(C)N1NCc1cn2ccccc2n1. The van der Waals surface area contributed by atoms with Gasteiger partial charge in [0, 0.05) is 24.5 Å². The first-order valence-corrected chi connectivity index (χ1v) is 7.18. The standard InChI is InChI=1S/C15H22N4/c1-12-6-5-7-13(2)19(12)16-10-14-11-18-9-4-3-8-15(18)17-14/h3-4,8-9,11-13,16H,5-7,10H2,1-2H3. The smallest absolute Gasteiger partial charge is 0.137 e. The van der Waals surface area contributed by atoms with Gasteiger partial charge in [0.2, 0.25) is 0 Å². The molecule has 1 fully saturated rings. The Morgan fingerprint density at radius 1 is 1.26 bits per heavy atom. The lowest BCUT2D eigenvalue weighted by Crippen LogP contribution is -2.51. The number of hydrazine groups is 1. The van der Waals surface area contributed by atoms with Gasteiger partial charge < -0.3 is 4.40 Å². The van der Waals surface area contributed by atoms with E-state index in [2.05, 4.69) is 39.9 Å². The maximum absolute atomic E-state index is 4.62. The Hall–Kier alpha value is -1.39. The normalized spacial score (nSPS) is 24.9. The minimum atomic E-state index is 0.612. The van der Waals surface area contributed by atoms with E-state index in [9.17, 15) is 0 Å². The minimum Gasteiger partial charge on any atom is -0.307 e. The lowest BCUT2D eigenvalue weighted by molar-refractivity contribution is 0.0432. The number of hydrogen-bond donors (Lipinski definition) is 1. The minimum absolute atomic E-state index is 0.612. The van der Waals surface area contributed by atoms with Crippen molar-refractivity contribution < 1.29 is 0 Å². The number of pyridine rings is 1. The van der Waals surface area contributed by atoms with Crippen molar-refractivity contribution >= 4 is 5.65 Å². The number of rotatable bonds is 3. The zero-order chi connectivity index (χ0) is 13.2. The molecule has 1 saturated heterocycles. The zero-order valence-corrected chi connectivity index (χ0v) is 11.7. The molecular weight excluding hydrogens is 236 g/mol. The molecule has 0 amide bonds. The van der Waals surface area contributed by atoms with E-state index in [4.69, 9.17) is 0 Å². The summed E-state index contributed by atoms with van der Waals surface area (Å²) in [6, 6.07) is 7.31. The molecule has 4 nitrogen and oxygen atoms in total. The van der Waals surface area contributed by atoms with Crippen LogP contribution in [0.2, 0.25) is 0 Å². The van der Waals surface area contributed by atoms with Crippen molar-refractivity contribution in [2.24, 2.45) is 0 Å². The summed E-state index contributed by atoms with van der Waals surface area (Å²) in [6.45, 7) is 5.40. The van der Waals surface area contributed by atoms with Crippen LogP contribution in [0.4, 0.5) is 0 Å². The number of nitrogens with zero attached hydrogens (tertiary/aromatic N) is 3. The van der Waals surface area contributed by atoms with E-state index in [1.165, 1.54) is 19.3 Å². The van der Waals surface area contributed by atoms with Crippen LogP contribution in [0.3, 0.4) is 0 Å². The molecule has 2 aromatic rings. The molecule has 0 spiro atoms. The molecule has 4 heteroatoms. The third-order valence-electron chi connectivity index (χ3n) is 4.05. The molecular formula is C15H22N4. The second kappa shape index (κ2) is 5.31. The first-order valence-electron chi connectivity index (χ1n) is 7.18.